The van der Waals surface area contributed by atoms with Gasteiger partial charge in [0.2, 0.25) is 0 Å². The molecule has 0 radical (unpaired) electrons. The first-order chi connectivity index (χ1) is 9.95. The Morgan fingerprint density at radius 1 is 1.43 bits per heavy atom. The minimum atomic E-state index is -0.826. The molecule has 0 aliphatic carbocycles. The van der Waals surface area contributed by atoms with Crippen LogP contribution >= 0.6 is 15.9 Å². The lowest BCUT2D eigenvalue weighted by Crippen LogP contribution is -2.43. The van der Waals surface area contributed by atoms with Crippen molar-refractivity contribution < 1.29 is 14.7 Å². The van der Waals surface area contributed by atoms with Gasteiger partial charge in [-0.25, -0.2) is 4.79 Å². The van der Waals surface area contributed by atoms with Gasteiger partial charge in [-0.3, -0.25) is 4.79 Å². The Kier molecular flexibility index (Phi) is 5.22. The standard InChI is InChI=1S/C15H19BrN2O3/c1-10(8-11-2-4-13(16)5-3-11)17-15(21)18-7-6-12(9-18)14(19)20/h2-5,10,12H,6-9H2,1H3,(H,17,21)(H,19,20). The molecule has 1 aliphatic rings. The summed E-state index contributed by atoms with van der Waals surface area (Å²) in [5.74, 6) is -1.26. The lowest BCUT2D eigenvalue weighted by Gasteiger charge is -2.20. The van der Waals surface area contributed by atoms with Gasteiger partial charge in [0.15, 0.2) is 0 Å². The molecule has 1 saturated heterocycles. The van der Waals surface area contributed by atoms with Gasteiger partial charge in [0.05, 0.1) is 5.92 Å². The summed E-state index contributed by atoms with van der Waals surface area (Å²) in [5.41, 5.74) is 1.15. The van der Waals surface area contributed by atoms with Gasteiger partial charge in [0.25, 0.3) is 0 Å². The van der Waals surface area contributed by atoms with E-state index in [0.717, 1.165) is 16.5 Å². The first-order valence-corrected chi connectivity index (χ1v) is 7.77. The summed E-state index contributed by atoms with van der Waals surface area (Å²) in [5, 5.41) is 11.9. The van der Waals surface area contributed by atoms with Crippen molar-refractivity contribution in [1.82, 2.24) is 10.2 Å². The fourth-order valence-electron chi connectivity index (χ4n) is 2.47. The maximum absolute atomic E-state index is 12.1. The van der Waals surface area contributed by atoms with E-state index in [2.05, 4.69) is 21.2 Å². The Morgan fingerprint density at radius 3 is 2.67 bits per heavy atom. The van der Waals surface area contributed by atoms with E-state index in [1.807, 2.05) is 31.2 Å². The Bertz CT molecular complexity index is 518. The second kappa shape index (κ2) is 6.93. The molecule has 0 saturated carbocycles. The molecule has 6 heteroatoms. The van der Waals surface area contributed by atoms with E-state index in [9.17, 15) is 9.59 Å². The molecule has 1 aliphatic heterocycles. The summed E-state index contributed by atoms with van der Waals surface area (Å²) in [6.07, 6.45) is 1.28. The fraction of sp³-hybridized carbons (Fsp3) is 0.467. The Labute approximate surface area is 132 Å². The molecule has 0 spiro atoms. The third-order valence-electron chi connectivity index (χ3n) is 3.65. The molecule has 2 amide bonds. The molecule has 2 atom stereocenters. The van der Waals surface area contributed by atoms with Crippen molar-refractivity contribution in [2.75, 3.05) is 13.1 Å². The zero-order chi connectivity index (χ0) is 15.4. The maximum Gasteiger partial charge on any atom is 0.317 e. The number of benzene rings is 1. The number of hydrogen-bond acceptors (Lipinski definition) is 2. The van der Waals surface area contributed by atoms with Crippen molar-refractivity contribution in [3.63, 3.8) is 0 Å². The van der Waals surface area contributed by atoms with Gasteiger partial charge in [0.1, 0.15) is 0 Å². The van der Waals surface area contributed by atoms with Gasteiger partial charge < -0.3 is 15.3 Å². The van der Waals surface area contributed by atoms with Crippen molar-refractivity contribution >= 4 is 27.9 Å². The number of carboxylic acids is 1. The number of urea groups is 1. The highest BCUT2D eigenvalue weighted by molar-refractivity contribution is 9.10. The number of aliphatic carboxylic acids is 1. The highest BCUT2D eigenvalue weighted by Crippen LogP contribution is 2.16. The van der Waals surface area contributed by atoms with Crippen molar-refractivity contribution in [1.29, 1.82) is 0 Å². The van der Waals surface area contributed by atoms with Gasteiger partial charge in [-0.2, -0.15) is 0 Å². The zero-order valence-electron chi connectivity index (χ0n) is 11.9. The predicted octanol–water partition coefficient (Wildman–Crippen LogP) is 2.50. The Hall–Kier alpha value is -1.56. The number of carbonyl (C=O) groups excluding carboxylic acids is 1. The van der Waals surface area contributed by atoms with E-state index in [-0.39, 0.29) is 12.1 Å². The van der Waals surface area contributed by atoms with Crippen molar-refractivity contribution in [3.05, 3.63) is 34.3 Å². The summed E-state index contributed by atoms with van der Waals surface area (Å²) in [6.45, 7) is 2.75. The highest BCUT2D eigenvalue weighted by atomic mass is 79.9. The summed E-state index contributed by atoms with van der Waals surface area (Å²) in [7, 11) is 0. The second-order valence-electron chi connectivity index (χ2n) is 5.45. The molecule has 1 heterocycles. The first kappa shape index (κ1) is 15.8. The fourth-order valence-corrected chi connectivity index (χ4v) is 2.74. The molecule has 21 heavy (non-hydrogen) atoms. The van der Waals surface area contributed by atoms with Crippen LogP contribution < -0.4 is 5.32 Å². The molecular formula is C15H19BrN2O3. The van der Waals surface area contributed by atoms with Gasteiger partial charge in [0, 0.05) is 23.6 Å². The molecule has 0 bridgehead atoms. The summed E-state index contributed by atoms with van der Waals surface area (Å²) < 4.78 is 1.03. The van der Waals surface area contributed by atoms with E-state index >= 15 is 0 Å². The minimum absolute atomic E-state index is 0.00236. The number of nitrogens with zero attached hydrogens (tertiary/aromatic N) is 1. The van der Waals surface area contributed by atoms with Crippen molar-refractivity contribution in [2.45, 2.75) is 25.8 Å². The molecule has 0 aromatic heterocycles. The van der Waals surface area contributed by atoms with E-state index in [1.54, 1.807) is 4.90 Å². The lowest BCUT2D eigenvalue weighted by molar-refractivity contribution is -0.141. The van der Waals surface area contributed by atoms with E-state index in [1.165, 1.54) is 0 Å². The van der Waals surface area contributed by atoms with Crippen LogP contribution in [0, 0.1) is 5.92 Å². The van der Waals surface area contributed by atoms with Crippen LogP contribution in [0.3, 0.4) is 0 Å². The van der Waals surface area contributed by atoms with Crippen LogP contribution in [0.25, 0.3) is 0 Å². The lowest BCUT2D eigenvalue weighted by atomic mass is 10.1. The van der Waals surface area contributed by atoms with Crippen LogP contribution in [-0.2, 0) is 11.2 Å². The first-order valence-electron chi connectivity index (χ1n) is 6.98. The molecular weight excluding hydrogens is 336 g/mol. The van der Waals surface area contributed by atoms with Crippen molar-refractivity contribution in [2.24, 2.45) is 5.92 Å². The number of likely N-dealkylation sites (tertiary alicyclic amines) is 1. The molecule has 1 fully saturated rings. The average Bonchev–Trinajstić information content (AvgIpc) is 2.91. The van der Waals surface area contributed by atoms with Gasteiger partial charge in [-0.15, -0.1) is 0 Å². The SMILES string of the molecule is CC(Cc1ccc(Br)cc1)NC(=O)N1CCC(C(=O)O)C1. The summed E-state index contributed by atoms with van der Waals surface area (Å²) in [4.78, 5) is 24.6. The predicted molar refractivity (Wildman–Crippen MR) is 83.2 cm³/mol. The Morgan fingerprint density at radius 2 is 2.10 bits per heavy atom. The summed E-state index contributed by atoms with van der Waals surface area (Å²) >= 11 is 3.39. The zero-order valence-corrected chi connectivity index (χ0v) is 13.5. The van der Waals surface area contributed by atoms with Crippen LogP contribution in [0.4, 0.5) is 4.79 Å². The van der Waals surface area contributed by atoms with Crippen LogP contribution in [0.2, 0.25) is 0 Å². The molecule has 114 valence electrons. The summed E-state index contributed by atoms with van der Waals surface area (Å²) in [6, 6.07) is 7.81. The number of carboxylic acid groups (broad SMARTS) is 1. The smallest absolute Gasteiger partial charge is 0.317 e. The average molecular weight is 355 g/mol. The minimum Gasteiger partial charge on any atom is -0.481 e. The monoisotopic (exact) mass is 354 g/mol. The number of nitrogens with one attached hydrogen (secondary N) is 1. The van der Waals surface area contributed by atoms with Gasteiger partial charge in [-0.1, -0.05) is 28.1 Å². The Balaban J connectivity index is 1.82. The van der Waals surface area contributed by atoms with Crippen LogP contribution in [0.1, 0.15) is 18.9 Å². The van der Waals surface area contributed by atoms with E-state index in [0.29, 0.717) is 19.5 Å². The third-order valence-corrected chi connectivity index (χ3v) is 4.18. The number of amides is 2. The normalized spacial score (nSPS) is 19.3. The number of hydrogen-bond donors (Lipinski definition) is 2. The topological polar surface area (TPSA) is 69.6 Å². The second-order valence-corrected chi connectivity index (χ2v) is 6.37. The molecule has 2 unspecified atom stereocenters. The van der Waals surface area contributed by atoms with Crippen molar-refractivity contribution in [3.8, 4) is 0 Å². The highest BCUT2D eigenvalue weighted by Gasteiger charge is 2.31. The quantitative estimate of drug-likeness (QED) is 0.872. The molecule has 1 aromatic rings. The number of halogens is 1. The van der Waals surface area contributed by atoms with E-state index in [4.69, 9.17) is 5.11 Å². The number of rotatable bonds is 4. The van der Waals surface area contributed by atoms with Crippen LogP contribution in [0.5, 0.6) is 0 Å². The van der Waals surface area contributed by atoms with Crippen LogP contribution in [0.15, 0.2) is 28.7 Å². The van der Waals surface area contributed by atoms with Crippen LogP contribution in [-0.4, -0.2) is 41.1 Å². The molecule has 1 aromatic carbocycles. The molecule has 5 nitrogen and oxygen atoms in total. The molecule has 2 N–H and O–H groups in total. The van der Waals surface area contributed by atoms with Gasteiger partial charge >= 0.3 is 12.0 Å². The number of carbonyl (C=O) groups is 2. The van der Waals surface area contributed by atoms with E-state index < -0.39 is 11.9 Å². The maximum atomic E-state index is 12.1. The largest absolute Gasteiger partial charge is 0.481 e. The van der Waals surface area contributed by atoms with Gasteiger partial charge in [-0.05, 0) is 37.5 Å². The molecule has 2 rings (SSSR count). The third kappa shape index (κ3) is 4.46.